The number of pyridine rings is 1. The van der Waals surface area contributed by atoms with Crippen molar-refractivity contribution in [3.8, 4) is 22.7 Å². The van der Waals surface area contributed by atoms with Gasteiger partial charge < -0.3 is 4.74 Å². The lowest BCUT2D eigenvalue weighted by Crippen LogP contribution is -2.17. The zero-order chi connectivity index (χ0) is 22.3. The monoisotopic (exact) mass is 439 g/mol. The number of nitrogens with one attached hydrogen (secondary N) is 1. The Bertz CT molecular complexity index is 1430. The van der Waals surface area contributed by atoms with Crippen LogP contribution in [0.5, 0.6) is 5.75 Å². The predicted molar refractivity (Wildman–Crippen MR) is 119 cm³/mol. The summed E-state index contributed by atoms with van der Waals surface area (Å²) < 4.78 is 35.2. The number of hydrogen-bond donors (Lipinski definition) is 1. The van der Waals surface area contributed by atoms with Crippen LogP contribution in [0.4, 0.5) is 8.78 Å². The van der Waals surface area contributed by atoms with Gasteiger partial charge >= 0.3 is 0 Å². The van der Waals surface area contributed by atoms with E-state index in [1.165, 1.54) is 13.2 Å². The molecule has 5 nitrogen and oxygen atoms in total. The molecule has 158 valence electrons. The number of para-hydroxylation sites is 1. The van der Waals surface area contributed by atoms with E-state index in [1.54, 1.807) is 28.8 Å². The van der Waals surface area contributed by atoms with Gasteiger partial charge in [0.15, 0.2) is 10.4 Å². The third-order valence-electron chi connectivity index (χ3n) is 5.33. The van der Waals surface area contributed by atoms with Crippen LogP contribution in [-0.4, -0.2) is 21.6 Å². The van der Waals surface area contributed by atoms with Crippen LogP contribution in [0.1, 0.15) is 23.1 Å². The molecule has 0 aliphatic heterocycles. The van der Waals surface area contributed by atoms with Crippen molar-refractivity contribution >= 4 is 23.3 Å². The molecule has 4 aromatic rings. The molecule has 0 aliphatic rings. The molecular formula is C23H19F2N3O2S. The van der Waals surface area contributed by atoms with Gasteiger partial charge in [0, 0.05) is 11.1 Å². The first kappa shape index (κ1) is 20.9. The predicted octanol–water partition coefficient (Wildman–Crippen LogP) is 5.67. The van der Waals surface area contributed by atoms with Crippen LogP contribution in [0, 0.1) is 18.6 Å². The highest BCUT2D eigenvalue weighted by Gasteiger charge is 2.22. The largest absolute Gasteiger partial charge is 0.496 e. The molecule has 2 aromatic heterocycles. The maximum Gasteiger partial charge on any atom is 0.264 e. The summed E-state index contributed by atoms with van der Waals surface area (Å²) in [6.07, 6.45) is -2.89. The molecule has 0 spiro atoms. The first-order chi connectivity index (χ1) is 14.8. The van der Waals surface area contributed by atoms with Crippen molar-refractivity contribution in [2.75, 3.05) is 7.11 Å². The molecule has 0 atom stereocenters. The number of rotatable bonds is 4. The Kier molecular flexibility index (Phi) is 5.41. The molecular weight excluding hydrogens is 420 g/mol. The SMILES string of the molecule is COc1ccccc1-c1cc(C(F)F)c2c(=O)[nH]c(=S)n(-c3cccc(C)c3C)c2n1. The van der Waals surface area contributed by atoms with E-state index in [4.69, 9.17) is 17.0 Å². The maximum atomic E-state index is 14.1. The van der Waals surface area contributed by atoms with E-state index in [1.807, 2.05) is 32.0 Å². The van der Waals surface area contributed by atoms with Crippen LogP contribution in [0.25, 0.3) is 28.0 Å². The van der Waals surface area contributed by atoms with Gasteiger partial charge in [-0.1, -0.05) is 24.3 Å². The molecule has 0 saturated heterocycles. The summed E-state index contributed by atoms with van der Waals surface area (Å²) in [7, 11) is 1.50. The fourth-order valence-electron chi connectivity index (χ4n) is 3.62. The normalized spacial score (nSPS) is 11.3. The van der Waals surface area contributed by atoms with E-state index < -0.39 is 17.5 Å². The molecule has 31 heavy (non-hydrogen) atoms. The minimum Gasteiger partial charge on any atom is -0.496 e. The number of hydrogen-bond acceptors (Lipinski definition) is 4. The van der Waals surface area contributed by atoms with E-state index in [0.717, 1.165) is 11.1 Å². The average molecular weight is 439 g/mol. The molecule has 0 bridgehead atoms. The first-order valence-corrected chi connectivity index (χ1v) is 9.92. The summed E-state index contributed by atoms with van der Waals surface area (Å²) in [6.45, 7) is 3.84. The number of alkyl halides is 2. The highest BCUT2D eigenvalue weighted by molar-refractivity contribution is 7.71. The maximum absolute atomic E-state index is 14.1. The lowest BCUT2D eigenvalue weighted by molar-refractivity contribution is 0.153. The van der Waals surface area contributed by atoms with Crippen molar-refractivity contribution in [3.63, 3.8) is 0 Å². The Hall–Kier alpha value is -3.39. The van der Waals surface area contributed by atoms with Gasteiger partial charge in [-0.25, -0.2) is 13.8 Å². The van der Waals surface area contributed by atoms with Crippen LogP contribution in [-0.2, 0) is 0 Å². The Morgan fingerprint density at radius 3 is 2.58 bits per heavy atom. The van der Waals surface area contributed by atoms with Gasteiger partial charge in [-0.05, 0) is 61.5 Å². The molecule has 2 aromatic carbocycles. The summed E-state index contributed by atoms with van der Waals surface area (Å²) in [5.41, 5.74) is 2.31. The molecule has 0 aliphatic carbocycles. The third-order valence-corrected chi connectivity index (χ3v) is 5.61. The van der Waals surface area contributed by atoms with Gasteiger partial charge in [-0.3, -0.25) is 14.3 Å². The van der Waals surface area contributed by atoms with Gasteiger partial charge in [0.2, 0.25) is 0 Å². The second kappa shape index (κ2) is 8.03. The number of benzene rings is 2. The zero-order valence-corrected chi connectivity index (χ0v) is 17.9. The van der Waals surface area contributed by atoms with Crippen molar-refractivity contribution in [1.82, 2.24) is 14.5 Å². The van der Waals surface area contributed by atoms with Crippen molar-refractivity contribution < 1.29 is 13.5 Å². The van der Waals surface area contributed by atoms with Crippen LogP contribution in [0.3, 0.4) is 0 Å². The molecule has 8 heteroatoms. The lowest BCUT2D eigenvalue weighted by Gasteiger charge is -2.17. The molecule has 2 heterocycles. The van der Waals surface area contributed by atoms with Crippen molar-refractivity contribution in [2.45, 2.75) is 20.3 Å². The van der Waals surface area contributed by atoms with Gasteiger partial charge in [0.25, 0.3) is 12.0 Å². The van der Waals surface area contributed by atoms with E-state index in [0.29, 0.717) is 17.0 Å². The minimum atomic E-state index is -2.89. The van der Waals surface area contributed by atoms with Crippen molar-refractivity contribution in [3.05, 3.63) is 80.3 Å². The number of halogens is 2. The summed E-state index contributed by atoms with van der Waals surface area (Å²) in [5, 5.41) is -0.192. The van der Waals surface area contributed by atoms with Crippen LogP contribution < -0.4 is 10.3 Å². The smallest absolute Gasteiger partial charge is 0.264 e. The number of ether oxygens (including phenoxy) is 1. The highest BCUT2D eigenvalue weighted by atomic mass is 32.1. The molecule has 4 rings (SSSR count). The second-order valence-corrected chi connectivity index (χ2v) is 7.50. The molecule has 0 amide bonds. The van der Waals surface area contributed by atoms with Gasteiger partial charge in [-0.2, -0.15) is 0 Å². The van der Waals surface area contributed by atoms with E-state index in [2.05, 4.69) is 9.97 Å². The summed E-state index contributed by atoms with van der Waals surface area (Å²) in [6, 6.07) is 13.8. The molecule has 0 unspecified atom stereocenters. The average Bonchev–Trinajstić information content (AvgIpc) is 2.75. The van der Waals surface area contributed by atoms with E-state index in [-0.39, 0.29) is 21.5 Å². The standard InChI is InChI=1S/C23H19F2N3O2S/c1-12-7-6-9-17(13(12)2)28-21-19(22(29)27-23(28)31)15(20(24)25)11-16(26-21)14-8-4-5-10-18(14)30-3/h4-11,20H,1-3H3,(H,27,29,31). The molecule has 0 radical (unpaired) electrons. The van der Waals surface area contributed by atoms with Gasteiger partial charge in [0.1, 0.15) is 5.75 Å². The van der Waals surface area contributed by atoms with Crippen molar-refractivity contribution in [1.29, 1.82) is 0 Å². The van der Waals surface area contributed by atoms with Crippen molar-refractivity contribution in [2.24, 2.45) is 0 Å². The fraction of sp³-hybridized carbons (Fsp3) is 0.174. The number of aromatic amines is 1. The molecule has 0 saturated carbocycles. The quantitative estimate of drug-likeness (QED) is 0.416. The number of H-pyrrole nitrogens is 1. The Labute approximate surface area is 182 Å². The first-order valence-electron chi connectivity index (χ1n) is 9.51. The Morgan fingerprint density at radius 2 is 1.87 bits per heavy atom. The number of aryl methyl sites for hydroxylation is 1. The zero-order valence-electron chi connectivity index (χ0n) is 17.1. The van der Waals surface area contributed by atoms with Crippen LogP contribution >= 0.6 is 12.2 Å². The second-order valence-electron chi connectivity index (χ2n) is 7.11. The Balaban J connectivity index is 2.20. The topological polar surface area (TPSA) is 59.9 Å². The summed E-state index contributed by atoms with van der Waals surface area (Å²) >= 11 is 5.42. The summed E-state index contributed by atoms with van der Waals surface area (Å²) in [5.74, 6) is 0.483. The lowest BCUT2D eigenvalue weighted by atomic mass is 10.0. The minimum absolute atomic E-state index is 0.0705. The molecule has 1 N–H and O–H groups in total. The number of aromatic nitrogens is 3. The number of fused-ring (bicyclic) bond motifs is 1. The highest BCUT2D eigenvalue weighted by Crippen LogP contribution is 2.34. The number of methoxy groups -OCH3 is 1. The number of nitrogens with zero attached hydrogens (tertiary/aromatic N) is 2. The van der Waals surface area contributed by atoms with Gasteiger partial charge in [-0.15, -0.1) is 0 Å². The summed E-state index contributed by atoms with van der Waals surface area (Å²) in [4.78, 5) is 19.9. The van der Waals surface area contributed by atoms with Gasteiger partial charge in [0.05, 0.1) is 23.9 Å². The Morgan fingerprint density at radius 1 is 1.13 bits per heavy atom. The third kappa shape index (κ3) is 3.53. The fourth-order valence-corrected chi connectivity index (χ4v) is 3.90. The van der Waals surface area contributed by atoms with E-state index >= 15 is 0 Å². The molecule has 0 fully saturated rings. The van der Waals surface area contributed by atoms with E-state index in [9.17, 15) is 13.6 Å². The van der Waals surface area contributed by atoms with Crippen LogP contribution in [0.2, 0.25) is 0 Å². The van der Waals surface area contributed by atoms with Crippen LogP contribution in [0.15, 0.2) is 53.3 Å².